The first-order valence-electron chi connectivity index (χ1n) is 5.53. The number of sulfonamides is 1. The van der Waals surface area contributed by atoms with Crippen LogP contribution in [0, 0.1) is 11.6 Å². The van der Waals surface area contributed by atoms with Gasteiger partial charge in [-0.2, -0.15) is 0 Å². The molecule has 19 heavy (non-hydrogen) atoms. The summed E-state index contributed by atoms with van der Waals surface area (Å²) in [6.45, 7) is 3.90. The highest BCUT2D eigenvalue weighted by Gasteiger charge is 2.24. The average molecular weight is 358 g/mol. The minimum absolute atomic E-state index is 0.000566. The first kappa shape index (κ1) is 16.5. The molecule has 1 rings (SSSR count). The van der Waals surface area contributed by atoms with Crippen molar-refractivity contribution in [3.05, 3.63) is 28.2 Å². The topological polar surface area (TPSA) is 55.4 Å². The van der Waals surface area contributed by atoms with E-state index in [0.29, 0.717) is 12.7 Å². The Hall–Kier alpha value is -0.570. The zero-order chi connectivity index (χ0) is 14.6. The maximum Gasteiger partial charge on any atom is 0.244 e. The van der Waals surface area contributed by atoms with Crippen molar-refractivity contribution >= 4 is 26.0 Å². The quantitative estimate of drug-likeness (QED) is 0.850. The second kappa shape index (κ2) is 6.74. The Morgan fingerprint density at radius 3 is 2.58 bits per heavy atom. The van der Waals surface area contributed by atoms with Gasteiger partial charge < -0.3 is 4.74 Å². The summed E-state index contributed by atoms with van der Waals surface area (Å²) in [6, 6.07) is 1.41. The summed E-state index contributed by atoms with van der Waals surface area (Å²) in [4.78, 5) is -0.613. The molecule has 0 fully saturated rings. The van der Waals surface area contributed by atoms with E-state index in [1.54, 1.807) is 13.8 Å². The predicted octanol–water partition coefficient (Wildman–Crippen LogP) is 2.43. The molecule has 0 amide bonds. The minimum Gasteiger partial charge on any atom is -0.377 e. The summed E-state index contributed by atoms with van der Waals surface area (Å²) in [6.07, 6.45) is -0.345. The molecule has 1 unspecified atom stereocenters. The number of nitrogens with one attached hydrogen (secondary N) is 1. The second-order valence-electron chi connectivity index (χ2n) is 3.82. The standard InChI is InChI=1S/C11H14BrF2NO3S/c1-3-18-7(2)6-15-19(16,17)11-9(12)4-8(13)5-10(11)14/h4-5,7,15H,3,6H2,1-2H3. The molecule has 0 aromatic heterocycles. The molecule has 1 N–H and O–H groups in total. The fourth-order valence-corrected chi connectivity index (χ4v) is 3.71. The summed E-state index contributed by atoms with van der Waals surface area (Å²) < 4.78 is 57.5. The van der Waals surface area contributed by atoms with Crippen LogP contribution in [-0.4, -0.2) is 27.7 Å². The van der Waals surface area contributed by atoms with Crippen molar-refractivity contribution in [1.29, 1.82) is 0 Å². The molecule has 1 aromatic carbocycles. The highest BCUT2D eigenvalue weighted by atomic mass is 79.9. The van der Waals surface area contributed by atoms with Crippen LogP contribution in [0.1, 0.15) is 13.8 Å². The van der Waals surface area contributed by atoms with Gasteiger partial charge in [0.25, 0.3) is 0 Å². The van der Waals surface area contributed by atoms with Gasteiger partial charge in [0, 0.05) is 23.7 Å². The molecule has 4 nitrogen and oxygen atoms in total. The minimum atomic E-state index is -4.07. The maximum absolute atomic E-state index is 13.6. The number of hydrogen-bond acceptors (Lipinski definition) is 3. The second-order valence-corrected chi connectivity index (χ2v) is 6.37. The molecule has 0 saturated carbocycles. The van der Waals surface area contributed by atoms with Crippen LogP contribution in [0.2, 0.25) is 0 Å². The van der Waals surface area contributed by atoms with Crippen molar-refractivity contribution in [2.24, 2.45) is 0 Å². The Morgan fingerprint density at radius 1 is 1.42 bits per heavy atom. The average Bonchev–Trinajstić information content (AvgIpc) is 2.25. The number of halogens is 3. The number of hydrogen-bond donors (Lipinski definition) is 1. The van der Waals surface area contributed by atoms with Gasteiger partial charge >= 0.3 is 0 Å². The maximum atomic E-state index is 13.6. The third-order valence-electron chi connectivity index (χ3n) is 2.24. The van der Waals surface area contributed by atoms with Crippen LogP contribution in [0.5, 0.6) is 0 Å². The molecule has 0 aliphatic heterocycles. The molecule has 0 saturated heterocycles. The van der Waals surface area contributed by atoms with Gasteiger partial charge in [-0.3, -0.25) is 0 Å². The molecular weight excluding hydrogens is 344 g/mol. The Balaban J connectivity index is 2.95. The molecule has 0 aliphatic carbocycles. The molecule has 0 spiro atoms. The largest absolute Gasteiger partial charge is 0.377 e. The van der Waals surface area contributed by atoms with E-state index in [-0.39, 0.29) is 17.1 Å². The highest BCUT2D eigenvalue weighted by molar-refractivity contribution is 9.10. The first-order chi connectivity index (χ1) is 8.77. The van der Waals surface area contributed by atoms with E-state index in [1.807, 2.05) is 0 Å². The van der Waals surface area contributed by atoms with E-state index < -0.39 is 26.6 Å². The van der Waals surface area contributed by atoms with Crippen molar-refractivity contribution in [3.63, 3.8) is 0 Å². The molecule has 1 aromatic rings. The normalized spacial score (nSPS) is 13.5. The van der Waals surface area contributed by atoms with Crippen LogP contribution in [0.3, 0.4) is 0 Å². The van der Waals surface area contributed by atoms with Gasteiger partial charge in [-0.25, -0.2) is 21.9 Å². The molecule has 0 radical (unpaired) electrons. The smallest absolute Gasteiger partial charge is 0.244 e. The van der Waals surface area contributed by atoms with E-state index in [1.165, 1.54) is 0 Å². The first-order valence-corrected chi connectivity index (χ1v) is 7.81. The molecule has 1 atom stereocenters. The Morgan fingerprint density at radius 2 is 2.05 bits per heavy atom. The van der Waals surface area contributed by atoms with Crippen molar-refractivity contribution in [3.8, 4) is 0 Å². The van der Waals surface area contributed by atoms with Gasteiger partial charge in [-0.05, 0) is 35.8 Å². The predicted molar refractivity (Wildman–Crippen MR) is 70.3 cm³/mol. The van der Waals surface area contributed by atoms with Crippen LogP contribution in [0.25, 0.3) is 0 Å². The van der Waals surface area contributed by atoms with Gasteiger partial charge in [-0.15, -0.1) is 0 Å². The Labute approximate surface area is 119 Å². The summed E-state index contributed by atoms with van der Waals surface area (Å²) in [5.41, 5.74) is 0. The van der Waals surface area contributed by atoms with E-state index in [0.717, 1.165) is 6.07 Å². The molecule has 0 aliphatic rings. The molecule has 8 heteroatoms. The van der Waals surface area contributed by atoms with E-state index in [9.17, 15) is 17.2 Å². The molecule has 108 valence electrons. The third-order valence-corrected chi connectivity index (χ3v) is 4.63. The molecule has 0 bridgehead atoms. The monoisotopic (exact) mass is 357 g/mol. The summed E-state index contributed by atoms with van der Waals surface area (Å²) >= 11 is 2.84. The van der Waals surface area contributed by atoms with Crippen LogP contribution < -0.4 is 4.72 Å². The van der Waals surface area contributed by atoms with Gasteiger partial charge in [0.1, 0.15) is 16.5 Å². The SMILES string of the molecule is CCOC(C)CNS(=O)(=O)c1c(F)cc(F)cc1Br. The third kappa shape index (κ3) is 4.48. The Kier molecular flexibility index (Phi) is 5.84. The summed E-state index contributed by atoms with van der Waals surface area (Å²) in [5.74, 6) is -2.01. The zero-order valence-corrected chi connectivity index (χ0v) is 12.8. The fourth-order valence-electron chi connectivity index (χ4n) is 1.43. The van der Waals surface area contributed by atoms with Gasteiger partial charge in [0.2, 0.25) is 10.0 Å². The highest BCUT2D eigenvalue weighted by Crippen LogP contribution is 2.26. The molecule has 0 heterocycles. The zero-order valence-electron chi connectivity index (χ0n) is 10.4. The fraction of sp³-hybridized carbons (Fsp3) is 0.455. The van der Waals surface area contributed by atoms with Crippen molar-refractivity contribution in [2.75, 3.05) is 13.2 Å². The van der Waals surface area contributed by atoms with Gasteiger partial charge in [0.05, 0.1) is 6.10 Å². The lowest BCUT2D eigenvalue weighted by atomic mass is 10.3. The van der Waals surface area contributed by atoms with Crippen LogP contribution in [0.4, 0.5) is 8.78 Å². The van der Waals surface area contributed by atoms with Gasteiger partial charge in [0.15, 0.2) is 0 Å². The lowest BCUT2D eigenvalue weighted by Gasteiger charge is -2.14. The lowest BCUT2D eigenvalue weighted by molar-refractivity contribution is 0.0799. The van der Waals surface area contributed by atoms with Crippen LogP contribution in [0.15, 0.2) is 21.5 Å². The summed E-state index contributed by atoms with van der Waals surface area (Å²) in [7, 11) is -4.07. The Bertz CT molecular complexity index is 528. The number of ether oxygens (including phenoxy) is 1. The van der Waals surface area contributed by atoms with E-state index in [4.69, 9.17) is 4.74 Å². The van der Waals surface area contributed by atoms with Crippen molar-refractivity contribution in [1.82, 2.24) is 4.72 Å². The van der Waals surface area contributed by atoms with Crippen molar-refractivity contribution < 1.29 is 21.9 Å². The number of rotatable bonds is 6. The van der Waals surface area contributed by atoms with Crippen LogP contribution in [-0.2, 0) is 14.8 Å². The van der Waals surface area contributed by atoms with Gasteiger partial charge in [-0.1, -0.05) is 0 Å². The number of benzene rings is 1. The van der Waals surface area contributed by atoms with Crippen LogP contribution >= 0.6 is 15.9 Å². The molecular formula is C11H14BrF2NO3S. The van der Waals surface area contributed by atoms with E-state index >= 15 is 0 Å². The van der Waals surface area contributed by atoms with E-state index in [2.05, 4.69) is 20.7 Å². The lowest BCUT2D eigenvalue weighted by Crippen LogP contribution is -2.32. The summed E-state index contributed by atoms with van der Waals surface area (Å²) in [5, 5.41) is 0. The van der Waals surface area contributed by atoms with Crippen molar-refractivity contribution in [2.45, 2.75) is 24.8 Å².